The molecule has 5 nitrogen and oxygen atoms in total. The van der Waals surface area contributed by atoms with E-state index in [0.717, 1.165) is 46.8 Å². The van der Waals surface area contributed by atoms with Gasteiger partial charge in [0.15, 0.2) is 6.61 Å². The van der Waals surface area contributed by atoms with Gasteiger partial charge < -0.3 is 15.0 Å². The molecule has 2 amide bonds. The maximum Gasteiger partial charge on any atom is 0.261 e. The highest BCUT2D eigenvalue weighted by molar-refractivity contribution is 9.10. The van der Waals surface area contributed by atoms with Gasteiger partial charge in [0.2, 0.25) is 5.91 Å². The predicted molar refractivity (Wildman–Crippen MR) is 136 cm³/mol. The van der Waals surface area contributed by atoms with Crippen molar-refractivity contribution in [3.8, 4) is 5.75 Å². The van der Waals surface area contributed by atoms with Crippen molar-refractivity contribution in [3.05, 3.63) is 62.6 Å². The summed E-state index contributed by atoms with van der Waals surface area (Å²) in [4.78, 5) is 27.9. The van der Waals surface area contributed by atoms with Gasteiger partial charge in [-0.05, 0) is 74.6 Å². The number of nitrogens with zero attached hydrogens (tertiary/aromatic N) is 1. The number of amides is 2. The molecule has 0 aliphatic heterocycles. The van der Waals surface area contributed by atoms with Crippen molar-refractivity contribution in [2.75, 3.05) is 6.61 Å². The van der Waals surface area contributed by atoms with Gasteiger partial charge in [0.1, 0.15) is 11.8 Å². The Kier molecular flexibility index (Phi) is 9.21. The van der Waals surface area contributed by atoms with E-state index >= 15 is 0 Å². The van der Waals surface area contributed by atoms with Gasteiger partial charge >= 0.3 is 0 Å². The monoisotopic (exact) mass is 534 g/mol. The van der Waals surface area contributed by atoms with Crippen LogP contribution in [0.3, 0.4) is 0 Å². The van der Waals surface area contributed by atoms with Crippen LogP contribution >= 0.6 is 27.5 Å². The second kappa shape index (κ2) is 11.9. The Bertz CT molecular complexity index is 968. The molecule has 0 unspecified atom stereocenters. The van der Waals surface area contributed by atoms with Crippen LogP contribution in [0.15, 0.2) is 40.9 Å². The normalized spacial score (nSPS) is 15.1. The van der Waals surface area contributed by atoms with Crippen molar-refractivity contribution in [2.24, 2.45) is 0 Å². The fraction of sp³-hybridized carbons (Fsp3) is 0.462. The maximum absolute atomic E-state index is 13.3. The number of halogens is 2. The fourth-order valence-corrected chi connectivity index (χ4v) is 4.76. The summed E-state index contributed by atoms with van der Waals surface area (Å²) in [6, 6.07) is 11.0. The number of carbonyl (C=O) groups excluding carboxylic acids is 2. The fourth-order valence-electron chi connectivity index (χ4n) is 4.20. The van der Waals surface area contributed by atoms with Crippen molar-refractivity contribution >= 4 is 39.3 Å². The number of aryl methyl sites for hydroxylation is 2. The summed E-state index contributed by atoms with van der Waals surface area (Å²) >= 11 is 9.73. The molecule has 1 fully saturated rings. The van der Waals surface area contributed by atoms with Crippen molar-refractivity contribution in [3.63, 3.8) is 0 Å². The van der Waals surface area contributed by atoms with Gasteiger partial charge in [-0.1, -0.05) is 58.9 Å². The summed E-state index contributed by atoms with van der Waals surface area (Å²) in [5, 5.41) is 3.84. The number of ether oxygens (including phenoxy) is 1. The first-order valence-electron chi connectivity index (χ1n) is 11.5. The third kappa shape index (κ3) is 7.21. The number of nitrogens with one attached hydrogen (secondary N) is 1. The minimum atomic E-state index is -0.615. The standard InChI is InChI=1S/C26H32BrClN2O3/c1-17-12-23(13-18(2)25(17)28)33-16-24(31)30(15-20-8-7-9-21(27)14-20)19(3)26(32)29-22-10-5-4-6-11-22/h7-9,12-14,19,22H,4-6,10-11,15-16H2,1-3H3,(H,29,32)/t19-/m1/s1. The molecule has 0 heterocycles. The van der Waals surface area contributed by atoms with E-state index in [1.54, 1.807) is 11.8 Å². The van der Waals surface area contributed by atoms with E-state index in [1.165, 1.54) is 6.42 Å². The van der Waals surface area contributed by atoms with E-state index in [1.807, 2.05) is 50.2 Å². The van der Waals surface area contributed by atoms with Gasteiger partial charge in [0.05, 0.1) is 0 Å². The Hall–Kier alpha value is -2.05. The smallest absolute Gasteiger partial charge is 0.261 e. The van der Waals surface area contributed by atoms with Gasteiger partial charge in [-0.2, -0.15) is 0 Å². The molecule has 3 rings (SSSR count). The molecule has 2 aromatic carbocycles. The zero-order chi connectivity index (χ0) is 24.0. The third-order valence-electron chi connectivity index (χ3n) is 6.13. The lowest BCUT2D eigenvalue weighted by molar-refractivity contribution is -0.142. The topological polar surface area (TPSA) is 58.6 Å². The molecule has 1 saturated carbocycles. The molecular weight excluding hydrogens is 504 g/mol. The molecule has 1 N–H and O–H groups in total. The Labute approximate surface area is 210 Å². The van der Waals surface area contributed by atoms with Crippen molar-refractivity contribution in [2.45, 2.75) is 71.5 Å². The molecule has 2 aromatic rings. The van der Waals surface area contributed by atoms with Crippen LogP contribution in [0, 0.1) is 13.8 Å². The summed E-state index contributed by atoms with van der Waals surface area (Å²) in [6.07, 6.45) is 5.48. The second-order valence-electron chi connectivity index (χ2n) is 8.83. The van der Waals surface area contributed by atoms with E-state index in [9.17, 15) is 9.59 Å². The molecule has 0 spiro atoms. The maximum atomic E-state index is 13.3. The van der Waals surface area contributed by atoms with Crippen molar-refractivity contribution < 1.29 is 14.3 Å². The molecule has 1 atom stereocenters. The summed E-state index contributed by atoms with van der Waals surface area (Å²) in [6.45, 7) is 5.75. The number of carbonyl (C=O) groups is 2. The number of rotatable bonds is 8. The lowest BCUT2D eigenvalue weighted by Gasteiger charge is -2.31. The average molecular weight is 536 g/mol. The lowest BCUT2D eigenvalue weighted by atomic mass is 9.95. The largest absolute Gasteiger partial charge is 0.484 e. The highest BCUT2D eigenvalue weighted by atomic mass is 79.9. The van der Waals surface area contributed by atoms with Gasteiger partial charge in [0.25, 0.3) is 5.91 Å². The molecule has 1 aliphatic carbocycles. The van der Waals surface area contributed by atoms with Crippen LogP contribution in [-0.4, -0.2) is 35.4 Å². The van der Waals surface area contributed by atoms with Gasteiger partial charge in [-0.3, -0.25) is 9.59 Å². The van der Waals surface area contributed by atoms with Crippen LogP contribution in [0.4, 0.5) is 0 Å². The Balaban J connectivity index is 1.73. The molecule has 0 aromatic heterocycles. The first kappa shape index (κ1) is 25.6. The van der Waals surface area contributed by atoms with Crippen LogP contribution in [0.25, 0.3) is 0 Å². The summed E-state index contributed by atoms with van der Waals surface area (Å²) < 4.78 is 6.74. The SMILES string of the molecule is Cc1cc(OCC(=O)N(Cc2cccc(Br)c2)[C@H](C)C(=O)NC2CCCCC2)cc(C)c1Cl. The van der Waals surface area contributed by atoms with E-state index in [-0.39, 0.29) is 24.5 Å². The summed E-state index contributed by atoms with van der Waals surface area (Å²) in [5.41, 5.74) is 2.73. The zero-order valence-electron chi connectivity index (χ0n) is 19.5. The van der Waals surface area contributed by atoms with Gasteiger partial charge in [-0.25, -0.2) is 0 Å². The van der Waals surface area contributed by atoms with Crippen LogP contribution < -0.4 is 10.1 Å². The summed E-state index contributed by atoms with van der Waals surface area (Å²) in [5.74, 6) is 0.222. The Morgan fingerprint density at radius 2 is 1.82 bits per heavy atom. The van der Waals surface area contributed by atoms with E-state index in [0.29, 0.717) is 17.3 Å². The molecule has 178 valence electrons. The predicted octanol–water partition coefficient (Wildman–Crippen LogP) is 5.96. The number of benzene rings is 2. The highest BCUT2D eigenvalue weighted by Gasteiger charge is 2.28. The van der Waals surface area contributed by atoms with Gasteiger partial charge in [-0.15, -0.1) is 0 Å². The average Bonchev–Trinajstić information content (AvgIpc) is 2.79. The van der Waals surface area contributed by atoms with E-state index in [4.69, 9.17) is 16.3 Å². The Morgan fingerprint density at radius 1 is 1.15 bits per heavy atom. The van der Waals surface area contributed by atoms with Crippen molar-refractivity contribution in [1.29, 1.82) is 0 Å². The molecule has 1 aliphatic rings. The first-order chi connectivity index (χ1) is 15.7. The Morgan fingerprint density at radius 3 is 2.45 bits per heavy atom. The molecule has 0 bridgehead atoms. The van der Waals surface area contributed by atoms with Crippen LogP contribution in [-0.2, 0) is 16.1 Å². The van der Waals surface area contributed by atoms with Gasteiger partial charge in [0, 0.05) is 22.1 Å². The quantitative estimate of drug-likeness (QED) is 0.453. The summed E-state index contributed by atoms with van der Waals surface area (Å²) in [7, 11) is 0. The second-order valence-corrected chi connectivity index (χ2v) is 10.1. The molecule has 0 radical (unpaired) electrons. The first-order valence-corrected chi connectivity index (χ1v) is 12.7. The van der Waals surface area contributed by atoms with Crippen molar-refractivity contribution in [1.82, 2.24) is 10.2 Å². The van der Waals surface area contributed by atoms with Crippen LogP contribution in [0.5, 0.6) is 5.75 Å². The van der Waals surface area contributed by atoms with Crippen LogP contribution in [0.1, 0.15) is 55.7 Å². The minimum Gasteiger partial charge on any atom is -0.484 e. The van der Waals surface area contributed by atoms with E-state index in [2.05, 4.69) is 21.2 Å². The molecule has 0 saturated heterocycles. The molecule has 7 heteroatoms. The highest BCUT2D eigenvalue weighted by Crippen LogP contribution is 2.26. The van der Waals surface area contributed by atoms with E-state index < -0.39 is 6.04 Å². The zero-order valence-corrected chi connectivity index (χ0v) is 21.8. The minimum absolute atomic E-state index is 0.122. The third-order valence-corrected chi connectivity index (χ3v) is 7.22. The lowest BCUT2D eigenvalue weighted by Crippen LogP contribution is -2.51. The van der Waals surface area contributed by atoms with Crippen LogP contribution in [0.2, 0.25) is 5.02 Å². The molecular formula is C26H32BrClN2O3. The number of hydrogen-bond acceptors (Lipinski definition) is 3. The number of hydrogen-bond donors (Lipinski definition) is 1. The molecule has 33 heavy (non-hydrogen) atoms.